The highest BCUT2D eigenvalue weighted by molar-refractivity contribution is 7.85. The van der Waals surface area contributed by atoms with Gasteiger partial charge >= 0.3 is 0 Å². The Balaban J connectivity index is 0.000000597. The molecule has 1 amide bonds. The lowest BCUT2D eigenvalue weighted by Crippen LogP contribution is -2.54. The molecule has 1 aromatic carbocycles. The Morgan fingerprint density at radius 2 is 1.77 bits per heavy atom. The van der Waals surface area contributed by atoms with Gasteiger partial charge in [0.15, 0.2) is 0 Å². The highest BCUT2D eigenvalue weighted by Gasteiger charge is 2.37. The molecule has 0 fully saturated rings. The zero-order valence-electron chi connectivity index (χ0n) is 14.8. The number of hydrogen-bond donors (Lipinski definition) is 3. The van der Waals surface area contributed by atoms with Crippen molar-refractivity contribution in [3.8, 4) is 11.1 Å². The average Bonchev–Trinajstić information content (AvgIpc) is 2.55. The largest absolute Gasteiger partial charge is 0.374 e. The number of primary amides is 1. The number of nitrogens with zero attached hydrogens (tertiary/aromatic N) is 1. The number of aromatic nitrogens is 1. The molecule has 0 aliphatic rings. The summed E-state index contributed by atoms with van der Waals surface area (Å²) < 4.78 is 31.2. The van der Waals surface area contributed by atoms with Crippen molar-refractivity contribution in [2.24, 2.45) is 11.5 Å². The first-order valence-electron chi connectivity index (χ1n) is 7.51. The molecule has 0 saturated carbocycles. The van der Waals surface area contributed by atoms with Crippen molar-refractivity contribution in [2.45, 2.75) is 18.6 Å². The second kappa shape index (κ2) is 8.86. The molecule has 2 unspecified atom stereocenters. The third-order valence-electron chi connectivity index (χ3n) is 3.52. The molecule has 1 heterocycles. The third kappa shape index (κ3) is 6.52. The van der Waals surface area contributed by atoms with Crippen LogP contribution in [0.4, 0.5) is 0 Å². The van der Waals surface area contributed by atoms with E-state index in [2.05, 4.69) is 4.98 Å². The summed E-state index contributed by atoms with van der Waals surface area (Å²) in [4.78, 5) is 15.6. The van der Waals surface area contributed by atoms with E-state index in [1.165, 1.54) is 7.11 Å². The standard InChI is InChI=1S/C16H19N3O2.CH4O3S/c1-16(18,15(17)20)14(21-2)12-7-5-11(6-8-12)13-4-3-9-19-10-13;1-5(2,3)4/h3-10,14H,18H2,1-2H3,(H2,17,20);1H3,(H,2,3,4). The molecule has 2 aromatic rings. The van der Waals surface area contributed by atoms with Crippen LogP contribution in [0.25, 0.3) is 11.1 Å². The fraction of sp³-hybridized carbons (Fsp3) is 0.294. The highest BCUT2D eigenvalue weighted by Crippen LogP contribution is 2.29. The molecular weight excluding hydrogens is 358 g/mol. The number of amides is 1. The second-order valence-corrected chi connectivity index (χ2v) is 7.33. The van der Waals surface area contributed by atoms with E-state index in [0.717, 1.165) is 16.7 Å². The van der Waals surface area contributed by atoms with Crippen LogP contribution < -0.4 is 11.5 Å². The summed E-state index contributed by atoms with van der Waals surface area (Å²) in [5.41, 5.74) is 12.9. The summed E-state index contributed by atoms with van der Waals surface area (Å²) in [7, 11) is -2.16. The Kier molecular flexibility index (Phi) is 7.40. The Bertz CT molecular complexity index is 813. The van der Waals surface area contributed by atoms with Gasteiger partial charge in [-0.15, -0.1) is 0 Å². The van der Waals surface area contributed by atoms with Gasteiger partial charge < -0.3 is 16.2 Å². The van der Waals surface area contributed by atoms with Gasteiger partial charge in [0.1, 0.15) is 11.6 Å². The van der Waals surface area contributed by atoms with Gasteiger partial charge in [-0.2, -0.15) is 8.42 Å². The lowest BCUT2D eigenvalue weighted by atomic mass is 9.89. The number of nitrogens with two attached hydrogens (primary N) is 2. The van der Waals surface area contributed by atoms with Crippen LogP contribution in [0.2, 0.25) is 0 Å². The molecule has 2 rings (SSSR count). The fourth-order valence-corrected chi connectivity index (χ4v) is 2.24. The summed E-state index contributed by atoms with van der Waals surface area (Å²) in [6.07, 6.45) is 3.63. The third-order valence-corrected chi connectivity index (χ3v) is 3.52. The first-order chi connectivity index (χ1) is 12.0. The lowest BCUT2D eigenvalue weighted by molar-refractivity contribution is -0.127. The SMILES string of the molecule is COC(c1ccc(-c2cccnc2)cc1)C(C)(N)C(N)=O.CS(=O)(=O)O. The maximum atomic E-state index is 11.5. The number of ether oxygens (including phenoxy) is 1. The van der Waals surface area contributed by atoms with E-state index in [1.54, 1.807) is 19.3 Å². The van der Waals surface area contributed by atoms with Crippen molar-refractivity contribution < 1.29 is 22.5 Å². The molecule has 5 N–H and O–H groups in total. The predicted octanol–water partition coefficient (Wildman–Crippen LogP) is 1.14. The minimum absolute atomic E-state index is 0.599. The van der Waals surface area contributed by atoms with E-state index in [1.807, 2.05) is 36.4 Å². The molecule has 0 radical (unpaired) electrons. The Morgan fingerprint density at radius 1 is 1.23 bits per heavy atom. The van der Waals surface area contributed by atoms with E-state index < -0.39 is 27.7 Å². The highest BCUT2D eigenvalue weighted by atomic mass is 32.2. The Morgan fingerprint density at radius 3 is 2.15 bits per heavy atom. The predicted molar refractivity (Wildman–Crippen MR) is 98.7 cm³/mol. The van der Waals surface area contributed by atoms with Gasteiger partial charge in [-0.25, -0.2) is 0 Å². The topological polar surface area (TPSA) is 146 Å². The van der Waals surface area contributed by atoms with Gasteiger partial charge in [-0.05, 0) is 29.7 Å². The van der Waals surface area contributed by atoms with Crippen LogP contribution in [0.15, 0.2) is 48.8 Å². The normalized spacial score (nSPS) is 14.5. The molecule has 9 heteroatoms. The van der Waals surface area contributed by atoms with E-state index in [0.29, 0.717) is 6.26 Å². The van der Waals surface area contributed by atoms with Gasteiger partial charge in [0.25, 0.3) is 10.1 Å². The maximum Gasteiger partial charge on any atom is 0.261 e. The smallest absolute Gasteiger partial charge is 0.261 e. The number of carbonyl (C=O) groups is 1. The van der Waals surface area contributed by atoms with Gasteiger partial charge in [0.2, 0.25) is 5.91 Å². The van der Waals surface area contributed by atoms with Crippen LogP contribution in [0.5, 0.6) is 0 Å². The summed E-state index contributed by atoms with van der Waals surface area (Å²) in [6.45, 7) is 1.57. The van der Waals surface area contributed by atoms with Crippen molar-refractivity contribution in [1.82, 2.24) is 4.98 Å². The molecule has 1 aromatic heterocycles. The monoisotopic (exact) mass is 381 g/mol. The van der Waals surface area contributed by atoms with Crippen molar-refractivity contribution >= 4 is 16.0 Å². The van der Waals surface area contributed by atoms with Crippen LogP contribution in [-0.4, -0.2) is 42.8 Å². The van der Waals surface area contributed by atoms with Gasteiger partial charge in [0.05, 0.1) is 6.26 Å². The second-order valence-electron chi connectivity index (χ2n) is 5.86. The summed E-state index contributed by atoms with van der Waals surface area (Å²) in [6, 6.07) is 11.5. The molecule has 0 saturated heterocycles. The summed E-state index contributed by atoms with van der Waals surface area (Å²) in [5.74, 6) is -0.606. The molecule has 8 nitrogen and oxygen atoms in total. The van der Waals surface area contributed by atoms with Crippen LogP contribution in [-0.2, 0) is 19.6 Å². The molecule has 26 heavy (non-hydrogen) atoms. The molecule has 0 spiro atoms. The first kappa shape index (κ1) is 21.7. The van der Waals surface area contributed by atoms with Crippen LogP contribution >= 0.6 is 0 Å². The van der Waals surface area contributed by atoms with Gasteiger partial charge in [-0.3, -0.25) is 14.3 Å². The average molecular weight is 381 g/mol. The van der Waals surface area contributed by atoms with Crippen LogP contribution in [0.3, 0.4) is 0 Å². The van der Waals surface area contributed by atoms with E-state index >= 15 is 0 Å². The molecular formula is C17H23N3O5S. The lowest BCUT2D eigenvalue weighted by Gasteiger charge is -2.30. The minimum atomic E-state index is -3.67. The van der Waals surface area contributed by atoms with Crippen LogP contribution in [0, 0.1) is 0 Å². The van der Waals surface area contributed by atoms with E-state index in [9.17, 15) is 13.2 Å². The number of benzene rings is 1. The molecule has 0 aliphatic heterocycles. The zero-order valence-corrected chi connectivity index (χ0v) is 15.6. The van der Waals surface area contributed by atoms with Crippen molar-refractivity contribution in [1.29, 1.82) is 0 Å². The summed E-state index contributed by atoms with van der Waals surface area (Å²) in [5, 5.41) is 0. The molecule has 0 bridgehead atoms. The van der Waals surface area contributed by atoms with Crippen molar-refractivity contribution in [3.05, 3.63) is 54.4 Å². The molecule has 142 valence electrons. The van der Waals surface area contributed by atoms with Crippen molar-refractivity contribution in [3.63, 3.8) is 0 Å². The number of rotatable bonds is 5. The fourth-order valence-electron chi connectivity index (χ4n) is 2.24. The minimum Gasteiger partial charge on any atom is -0.374 e. The van der Waals surface area contributed by atoms with E-state index in [4.69, 9.17) is 20.8 Å². The Labute approximate surface area is 152 Å². The molecule has 0 aliphatic carbocycles. The maximum absolute atomic E-state index is 11.5. The Hall–Kier alpha value is -2.33. The van der Waals surface area contributed by atoms with E-state index in [-0.39, 0.29) is 0 Å². The number of carbonyl (C=O) groups excluding carboxylic acids is 1. The van der Waals surface area contributed by atoms with Gasteiger partial charge in [0, 0.05) is 19.5 Å². The number of pyridine rings is 1. The van der Waals surface area contributed by atoms with Crippen molar-refractivity contribution in [2.75, 3.05) is 13.4 Å². The quantitative estimate of drug-likeness (QED) is 0.658. The molecule has 2 atom stereocenters. The number of methoxy groups -OCH3 is 1. The first-order valence-corrected chi connectivity index (χ1v) is 9.36. The number of hydrogen-bond acceptors (Lipinski definition) is 6. The zero-order chi connectivity index (χ0) is 20.0. The van der Waals surface area contributed by atoms with Crippen LogP contribution in [0.1, 0.15) is 18.6 Å². The summed E-state index contributed by atoms with van der Waals surface area (Å²) >= 11 is 0. The van der Waals surface area contributed by atoms with Gasteiger partial charge in [-0.1, -0.05) is 30.3 Å².